The number of benzene rings is 2. The van der Waals surface area contributed by atoms with E-state index in [1.54, 1.807) is 31.4 Å². The summed E-state index contributed by atoms with van der Waals surface area (Å²) < 4.78 is 17.2. The summed E-state index contributed by atoms with van der Waals surface area (Å²) in [5.74, 6) is 0.243. The van der Waals surface area contributed by atoms with Gasteiger partial charge in [-0.1, -0.05) is 48.9 Å². The molecule has 3 heterocycles. The number of amides is 1. The lowest BCUT2D eigenvalue weighted by molar-refractivity contribution is -0.217. The van der Waals surface area contributed by atoms with Crippen molar-refractivity contribution < 1.29 is 28.9 Å². The van der Waals surface area contributed by atoms with Crippen molar-refractivity contribution in [2.24, 2.45) is 5.41 Å². The molecule has 3 aliphatic heterocycles. The predicted molar refractivity (Wildman–Crippen MR) is 159 cm³/mol. The lowest BCUT2D eigenvalue weighted by atomic mass is 9.47. The van der Waals surface area contributed by atoms with E-state index in [2.05, 4.69) is 40.3 Å². The molecular weight excluding hydrogens is 558 g/mol. The van der Waals surface area contributed by atoms with Crippen LogP contribution in [0.4, 0.5) is 10.5 Å². The Morgan fingerprint density at radius 1 is 1.17 bits per heavy atom. The minimum Gasteiger partial charge on any atom is -0.497 e. The molecule has 1 saturated heterocycles. The molecular formula is C32H38ClN3O6. The van der Waals surface area contributed by atoms with Crippen LogP contribution in [0.25, 0.3) is 0 Å². The second kappa shape index (κ2) is 10.5. The minimum absolute atomic E-state index is 0.0245. The smallest absolute Gasteiger partial charge is 0.407 e. The molecule has 9 nitrogen and oxygen atoms in total. The number of nitrogens with one attached hydrogen (secondary N) is 1. The molecule has 1 aliphatic carbocycles. The first-order valence-electron chi connectivity index (χ1n) is 14.5. The molecule has 0 bridgehead atoms. The van der Waals surface area contributed by atoms with Crippen molar-refractivity contribution in [3.05, 3.63) is 70.8 Å². The van der Waals surface area contributed by atoms with E-state index < -0.39 is 40.6 Å². The molecule has 1 amide bonds. The predicted octanol–water partition coefficient (Wildman–Crippen LogP) is 4.05. The van der Waals surface area contributed by atoms with Crippen LogP contribution in [-0.2, 0) is 26.3 Å². The van der Waals surface area contributed by atoms with Gasteiger partial charge in [-0.15, -0.1) is 0 Å². The van der Waals surface area contributed by atoms with Gasteiger partial charge in [0.15, 0.2) is 0 Å². The fraction of sp³-hybridized carbons (Fsp3) is 0.500. The van der Waals surface area contributed by atoms with E-state index in [0.717, 1.165) is 42.1 Å². The van der Waals surface area contributed by atoms with Crippen molar-refractivity contribution in [1.82, 2.24) is 10.2 Å². The highest BCUT2D eigenvalue weighted by atomic mass is 35.5. The molecule has 0 aromatic heterocycles. The number of fused-ring (bicyclic) bond motifs is 1. The number of aliphatic hydroxyl groups is 1. The van der Waals surface area contributed by atoms with E-state index >= 15 is 0 Å². The Balaban J connectivity index is 1.42. The highest BCUT2D eigenvalue weighted by Gasteiger charge is 2.77. The zero-order chi connectivity index (χ0) is 29.9. The molecule has 0 radical (unpaired) electrons. The molecule has 1 saturated carbocycles. The molecule has 6 atom stereocenters. The van der Waals surface area contributed by atoms with Crippen LogP contribution in [-0.4, -0.2) is 79.6 Å². The van der Waals surface area contributed by atoms with Crippen molar-refractivity contribution in [3.63, 3.8) is 0 Å². The summed E-state index contributed by atoms with van der Waals surface area (Å²) in [7, 11) is 3.60. The molecule has 2 fully saturated rings. The maximum Gasteiger partial charge on any atom is 0.407 e. The number of nitrogens with zero attached hydrogens (tertiary/aromatic N) is 2. The summed E-state index contributed by atoms with van der Waals surface area (Å²) >= 11 is 5.98. The Hall–Kier alpha value is -3.27. The van der Waals surface area contributed by atoms with Gasteiger partial charge in [0.05, 0.1) is 19.7 Å². The topological polar surface area (TPSA) is 101 Å². The summed E-state index contributed by atoms with van der Waals surface area (Å²) in [6, 6.07) is 12.6. The number of rotatable bonds is 7. The Bertz CT molecular complexity index is 1420. The fourth-order valence-corrected chi connectivity index (χ4v) is 8.76. The van der Waals surface area contributed by atoms with E-state index in [4.69, 9.17) is 25.8 Å². The average Bonchev–Trinajstić information content (AvgIpc) is 3.50. The summed E-state index contributed by atoms with van der Waals surface area (Å²) in [6.07, 6.45) is 4.12. The molecule has 2 aromatic carbocycles. The third kappa shape index (κ3) is 4.12. The molecule has 6 rings (SSSR count). The summed E-state index contributed by atoms with van der Waals surface area (Å²) in [5, 5.41) is 16.5. The van der Waals surface area contributed by atoms with Crippen LogP contribution in [0.1, 0.15) is 37.8 Å². The normalized spacial score (nSPS) is 32.5. The van der Waals surface area contributed by atoms with E-state index in [1.807, 2.05) is 19.2 Å². The third-order valence-electron chi connectivity index (χ3n) is 10.0. The molecule has 2 N–H and O–H groups in total. The second-order valence-corrected chi connectivity index (χ2v) is 12.4. The van der Waals surface area contributed by atoms with Crippen LogP contribution < -0.4 is 15.0 Å². The van der Waals surface area contributed by atoms with Crippen molar-refractivity contribution in [2.75, 3.05) is 38.7 Å². The second-order valence-electron chi connectivity index (χ2n) is 12.0. The number of methoxy groups -OCH3 is 1. The van der Waals surface area contributed by atoms with Crippen LogP contribution in [0.2, 0.25) is 5.02 Å². The number of alkyl carbamates (subject to hydrolysis) is 1. The first-order chi connectivity index (χ1) is 20.1. The quantitative estimate of drug-likeness (QED) is 0.365. The van der Waals surface area contributed by atoms with Gasteiger partial charge in [0.1, 0.15) is 24.1 Å². The molecule has 1 spiro atoms. The standard InChI is InChI=1S/C32H38ClN3O6/c1-5-30-13-6-15-36-16-14-31(26(30)36)24-12-11-23(40-4)17-25(24)35(3)27(31)32(39,28(30)42-20(2)37)19-34-29(38)41-18-21-7-9-22(33)10-8-21/h6-13,17,26-28,39H,5,14-16,18-19H2,1-4H3,(H,34,38)/t26-,27+,28+,30+,31+,32-/m0/s1. The number of hydrogen-bond donors (Lipinski definition) is 2. The number of ether oxygens (including phenoxy) is 3. The largest absolute Gasteiger partial charge is 0.497 e. The summed E-state index contributed by atoms with van der Waals surface area (Å²) in [6.45, 7) is 4.96. The first kappa shape index (κ1) is 28.8. The van der Waals surface area contributed by atoms with Gasteiger partial charge in [0.2, 0.25) is 0 Å². The van der Waals surface area contributed by atoms with Crippen molar-refractivity contribution >= 4 is 29.4 Å². The lowest BCUT2D eigenvalue weighted by Gasteiger charge is -2.64. The number of carbonyl (C=O) groups excluding carboxylic acids is 2. The van der Waals surface area contributed by atoms with Gasteiger partial charge >= 0.3 is 12.1 Å². The van der Waals surface area contributed by atoms with Crippen molar-refractivity contribution in [3.8, 4) is 5.75 Å². The number of halogens is 1. The Labute approximate surface area is 251 Å². The van der Waals surface area contributed by atoms with Crippen LogP contribution in [0.3, 0.4) is 0 Å². The Kier molecular flexibility index (Phi) is 7.19. The Morgan fingerprint density at radius 3 is 2.62 bits per heavy atom. The van der Waals surface area contributed by atoms with Gasteiger partial charge in [-0.2, -0.15) is 0 Å². The minimum atomic E-state index is -1.67. The van der Waals surface area contributed by atoms with E-state index in [0.29, 0.717) is 11.4 Å². The zero-order valence-corrected chi connectivity index (χ0v) is 25.2. The third-order valence-corrected chi connectivity index (χ3v) is 10.3. The van der Waals surface area contributed by atoms with Gasteiger partial charge in [0.25, 0.3) is 0 Å². The molecule has 2 aromatic rings. The lowest BCUT2D eigenvalue weighted by Crippen LogP contribution is -2.81. The number of anilines is 1. The molecule has 42 heavy (non-hydrogen) atoms. The number of hydrogen-bond acceptors (Lipinski definition) is 8. The average molecular weight is 596 g/mol. The molecule has 224 valence electrons. The van der Waals surface area contributed by atoms with Gasteiger partial charge in [-0.05, 0) is 48.7 Å². The highest BCUT2D eigenvalue weighted by Crippen LogP contribution is 2.67. The maximum atomic E-state index is 13.0. The maximum absolute atomic E-state index is 13.0. The van der Waals surface area contributed by atoms with Crippen LogP contribution in [0.15, 0.2) is 54.6 Å². The first-order valence-corrected chi connectivity index (χ1v) is 14.9. The monoisotopic (exact) mass is 595 g/mol. The zero-order valence-electron chi connectivity index (χ0n) is 24.4. The highest BCUT2D eigenvalue weighted by molar-refractivity contribution is 6.30. The number of likely N-dealkylation sites (N-methyl/N-ethyl adjacent to an activating group) is 1. The molecule has 0 unspecified atom stereocenters. The Morgan fingerprint density at radius 2 is 1.93 bits per heavy atom. The van der Waals surface area contributed by atoms with E-state index in [-0.39, 0.29) is 19.2 Å². The number of carbonyl (C=O) groups is 2. The van der Waals surface area contributed by atoms with Crippen LogP contribution >= 0.6 is 11.6 Å². The van der Waals surface area contributed by atoms with Crippen LogP contribution in [0.5, 0.6) is 5.75 Å². The van der Waals surface area contributed by atoms with Crippen molar-refractivity contribution in [1.29, 1.82) is 0 Å². The van der Waals surface area contributed by atoms with Crippen molar-refractivity contribution in [2.45, 2.75) is 62.5 Å². The van der Waals surface area contributed by atoms with E-state index in [1.165, 1.54) is 6.92 Å². The van der Waals surface area contributed by atoms with Gasteiger partial charge < -0.3 is 29.5 Å². The summed E-state index contributed by atoms with van der Waals surface area (Å²) in [5.41, 5.74) is 0.0412. The van der Waals surface area contributed by atoms with E-state index in [9.17, 15) is 14.7 Å². The molecule has 10 heteroatoms. The van der Waals surface area contributed by atoms with Gasteiger partial charge in [0, 0.05) is 54.2 Å². The van der Waals surface area contributed by atoms with Gasteiger partial charge in [-0.3, -0.25) is 9.69 Å². The summed E-state index contributed by atoms with van der Waals surface area (Å²) in [4.78, 5) is 30.3. The molecule has 4 aliphatic rings. The SMILES string of the molecule is CC[C@]12C=CCN3CC[C@@]4(c5ccc(OC)cc5N(C)[C@H]4[C@@](O)(CNC(=O)OCc4ccc(Cl)cc4)[C@@H]1OC(C)=O)[C@@H]32. The van der Waals surface area contributed by atoms with Gasteiger partial charge in [-0.25, -0.2) is 4.79 Å². The van der Waals surface area contributed by atoms with Crippen LogP contribution in [0, 0.1) is 5.41 Å². The fourth-order valence-electron chi connectivity index (χ4n) is 8.64. The number of esters is 1.